The third-order valence-electron chi connectivity index (χ3n) is 11.1. The first-order chi connectivity index (χ1) is 23.5. The van der Waals surface area contributed by atoms with Gasteiger partial charge in [0, 0.05) is 11.4 Å². The van der Waals surface area contributed by atoms with Crippen LogP contribution in [-0.2, 0) is 33.5 Å². The molecule has 4 aromatic rings. The van der Waals surface area contributed by atoms with E-state index in [-0.39, 0.29) is 58.5 Å². The molecule has 8 nitrogen and oxygen atoms in total. The quantitative estimate of drug-likeness (QED) is 0.219. The van der Waals surface area contributed by atoms with Crippen LogP contribution in [0.2, 0.25) is 0 Å². The van der Waals surface area contributed by atoms with Gasteiger partial charge in [-0.1, -0.05) is 52.0 Å². The first kappa shape index (κ1) is 33.1. The number of carboxylic acids is 2. The van der Waals surface area contributed by atoms with Crippen molar-refractivity contribution in [3.05, 3.63) is 130 Å². The number of amides is 2. The number of carbonyl (C=O) groups excluding carboxylic acids is 2. The summed E-state index contributed by atoms with van der Waals surface area (Å²) in [5.41, 5.74) is 3.05. The van der Waals surface area contributed by atoms with Crippen LogP contribution in [0.25, 0.3) is 0 Å². The zero-order valence-corrected chi connectivity index (χ0v) is 28.1. The zero-order valence-electron chi connectivity index (χ0n) is 28.1. The number of halogens is 2. The highest BCUT2D eigenvalue weighted by atomic mass is 19.1. The lowest BCUT2D eigenvalue weighted by Gasteiger charge is -2.19. The van der Waals surface area contributed by atoms with Crippen LogP contribution < -0.4 is 9.80 Å². The Balaban J connectivity index is 0.000000157. The van der Waals surface area contributed by atoms with Gasteiger partial charge in [-0.2, -0.15) is 0 Å². The summed E-state index contributed by atoms with van der Waals surface area (Å²) in [6, 6.07) is 22.1. The normalized spacial score (nSPS) is 23.0. The molecule has 2 spiro atoms. The molecule has 2 saturated carbocycles. The van der Waals surface area contributed by atoms with E-state index in [9.17, 15) is 28.0 Å². The molecule has 0 aromatic heterocycles. The van der Waals surface area contributed by atoms with Gasteiger partial charge in [0.15, 0.2) is 0 Å². The molecule has 2 fully saturated rings. The molecule has 10 heteroatoms. The highest BCUT2D eigenvalue weighted by Crippen LogP contribution is 2.70. The molecule has 2 atom stereocenters. The number of aromatic carboxylic acids is 2. The second-order valence-electron chi connectivity index (χ2n) is 15.0. The van der Waals surface area contributed by atoms with Crippen LogP contribution >= 0.6 is 0 Å². The van der Waals surface area contributed by atoms with Crippen molar-refractivity contribution >= 4 is 35.1 Å². The molecule has 2 aliphatic heterocycles. The molecular weight excluding hydrogens is 642 g/mol. The van der Waals surface area contributed by atoms with E-state index in [4.69, 9.17) is 10.2 Å². The van der Waals surface area contributed by atoms with Crippen molar-refractivity contribution < 1.29 is 38.2 Å². The van der Waals surface area contributed by atoms with Crippen molar-refractivity contribution in [1.82, 2.24) is 0 Å². The average Bonchev–Trinajstić information content (AvgIpc) is 3.81. The monoisotopic (exact) mass is 678 g/mol. The van der Waals surface area contributed by atoms with Gasteiger partial charge < -0.3 is 20.0 Å². The third kappa shape index (κ3) is 4.91. The van der Waals surface area contributed by atoms with E-state index in [1.165, 1.54) is 36.4 Å². The van der Waals surface area contributed by atoms with Gasteiger partial charge in [-0.15, -0.1) is 0 Å². The number of hydrogen-bond donors (Lipinski definition) is 2. The van der Waals surface area contributed by atoms with Gasteiger partial charge in [0.2, 0.25) is 11.8 Å². The average molecular weight is 679 g/mol. The maximum atomic E-state index is 13.8. The molecule has 256 valence electrons. The van der Waals surface area contributed by atoms with Gasteiger partial charge >= 0.3 is 11.9 Å². The summed E-state index contributed by atoms with van der Waals surface area (Å²) >= 11 is 0. The fourth-order valence-electron chi connectivity index (χ4n) is 8.25. The van der Waals surface area contributed by atoms with Crippen molar-refractivity contribution in [3.8, 4) is 0 Å². The molecule has 50 heavy (non-hydrogen) atoms. The number of nitrogens with zero attached hydrogens (tertiary/aromatic N) is 2. The Morgan fingerprint density at radius 3 is 1.30 bits per heavy atom. The molecule has 0 radical (unpaired) electrons. The minimum absolute atomic E-state index is 0.0289. The third-order valence-corrected chi connectivity index (χ3v) is 11.1. The summed E-state index contributed by atoms with van der Waals surface area (Å²) in [7, 11) is 0. The Labute approximate surface area is 288 Å². The lowest BCUT2D eigenvalue weighted by atomic mass is 9.89. The number of anilines is 2. The molecule has 0 bridgehead atoms. The predicted molar refractivity (Wildman–Crippen MR) is 182 cm³/mol. The van der Waals surface area contributed by atoms with Crippen molar-refractivity contribution in [2.45, 2.75) is 64.5 Å². The van der Waals surface area contributed by atoms with E-state index in [0.29, 0.717) is 12.8 Å². The number of carbonyl (C=O) groups is 4. The predicted octanol–water partition coefficient (Wildman–Crippen LogP) is 7.48. The maximum Gasteiger partial charge on any atom is 0.335 e. The van der Waals surface area contributed by atoms with E-state index < -0.39 is 22.8 Å². The second-order valence-corrected chi connectivity index (χ2v) is 15.0. The first-order valence-corrected chi connectivity index (χ1v) is 16.4. The molecule has 0 saturated heterocycles. The van der Waals surface area contributed by atoms with Gasteiger partial charge in [-0.05, 0) is 107 Å². The SMILES string of the molecule is CC1(C)C[C@@]12C(=O)N(Cc1cccc(C(=O)O)c1)c1ccc(F)cc12.CC1(C)C[C@]12C(=O)N(Cc1cccc(C(=O)O)c1)c1ccc(F)cc12. The molecule has 2 amide bonds. The molecule has 2 heterocycles. The number of benzene rings is 4. The van der Waals surface area contributed by atoms with Gasteiger partial charge in [0.05, 0.1) is 35.0 Å². The Bertz CT molecular complexity index is 1990. The zero-order chi connectivity index (χ0) is 36.0. The minimum Gasteiger partial charge on any atom is -0.478 e. The van der Waals surface area contributed by atoms with E-state index in [1.807, 2.05) is 27.7 Å². The summed E-state index contributed by atoms with van der Waals surface area (Å²) in [6.07, 6.45) is 1.39. The molecule has 2 N–H and O–H groups in total. The van der Waals surface area contributed by atoms with Crippen LogP contribution in [0.4, 0.5) is 20.2 Å². The first-order valence-electron chi connectivity index (χ1n) is 16.4. The van der Waals surface area contributed by atoms with Crippen molar-refractivity contribution in [3.63, 3.8) is 0 Å². The van der Waals surface area contributed by atoms with Crippen molar-refractivity contribution in [2.24, 2.45) is 10.8 Å². The molecule has 4 aromatic carbocycles. The van der Waals surface area contributed by atoms with Crippen molar-refractivity contribution in [1.29, 1.82) is 0 Å². The fourth-order valence-corrected chi connectivity index (χ4v) is 8.25. The second kappa shape index (κ2) is 11.1. The standard InChI is InChI=1S/2C20H18FNO3/c2*1-19(2)11-20(19)15-9-14(21)6-7-16(15)22(18(20)25)10-12-4-3-5-13(8-12)17(23)24/h2*3-9H,10-11H2,1-2H3,(H,23,24)/t2*20-/m10/s1. The number of rotatable bonds is 6. The van der Waals surface area contributed by atoms with Crippen LogP contribution in [0.1, 0.15) is 83.5 Å². The minimum atomic E-state index is -1.00. The Morgan fingerprint density at radius 2 is 0.980 bits per heavy atom. The Kier molecular flexibility index (Phi) is 7.33. The van der Waals surface area contributed by atoms with E-state index in [2.05, 4.69) is 0 Å². The number of fused-ring (bicyclic) bond motifs is 4. The topological polar surface area (TPSA) is 115 Å². The Hall–Kier alpha value is -5.38. The number of hydrogen-bond acceptors (Lipinski definition) is 4. The van der Waals surface area contributed by atoms with Gasteiger partial charge in [0.1, 0.15) is 11.6 Å². The molecule has 8 rings (SSSR count). The summed E-state index contributed by atoms with van der Waals surface area (Å²) in [4.78, 5) is 52.0. The molecule has 0 unspecified atom stereocenters. The van der Waals surface area contributed by atoms with E-state index in [0.717, 1.165) is 33.6 Å². The lowest BCUT2D eigenvalue weighted by molar-refractivity contribution is -0.121. The van der Waals surface area contributed by atoms with Crippen LogP contribution in [0.3, 0.4) is 0 Å². The summed E-state index contributed by atoms with van der Waals surface area (Å²) in [5.74, 6) is -2.75. The largest absolute Gasteiger partial charge is 0.478 e. The fraction of sp³-hybridized carbons (Fsp3) is 0.300. The van der Waals surface area contributed by atoms with Crippen LogP contribution in [0, 0.1) is 22.5 Å². The van der Waals surface area contributed by atoms with Crippen LogP contribution in [0.15, 0.2) is 84.9 Å². The number of carboxylic acid groups (broad SMARTS) is 2. The molecule has 2 aliphatic carbocycles. The van der Waals surface area contributed by atoms with Gasteiger partial charge in [-0.25, -0.2) is 18.4 Å². The summed E-state index contributed by atoms with van der Waals surface area (Å²) < 4.78 is 27.6. The van der Waals surface area contributed by atoms with E-state index in [1.54, 1.807) is 58.3 Å². The summed E-state index contributed by atoms with van der Waals surface area (Å²) in [6.45, 7) is 8.64. The van der Waals surface area contributed by atoms with Gasteiger partial charge in [0.25, 0.3) is 0 Å². The lowest BCUT2D eigenvalue weighted by Crippen LogP contribution is -2.34. The van der Waals surface area contributed by atoms with Crippen LogP contribution in [0.5, 0.6) is 0 Å². The van der Waals surface area contributed by atoms with E-state index >= 15 is 0 Å². The molecular formula is C40H36F2N2O6. The highest BCUT2D eigenvalue weighted by molar-refractivity contribution is 6.12. The smallest absolute Gasteiger partial charge is 0.335 e. The molecule has 4 aliphatic rings. The van der Waals surface area contributed by atoms with Gasteiger partial charge in [-0.3, -0.25) is 9.59 Å². The van der Waals surface area contributed by atoms with Crippen molar-refractivity contribution in [2.75, 3.05) is 9.80 Å². The maximum absolute atomic E-state index is 13.8. The highest BCUT2D eigenvalue weighted by Gasteiger charge is 2.72. The summed E-state index contributed by atoms with van der Waals surface area (Å²) in [5, 5.41) is 18.3. The Morgan fingerprint density at radius 1 is 0.620 bits per heavy atom. The van der Waals surface area contributed by atoms with Crippen LogP contribution in [-0.4, -0.2) is 34.0 Å².